The minimum absolute atomic E-state index is 0.447. The lowest BCUT2D eigenvalue weighted by Crippen LogP contribution is -2.32. The van der Waals surface area contributed by atoms with Crippen molar-refractivity contribution < 1.29 is 4.74 Å². The monoisotopic (exact) mass is 220 g/mol. The minimum atomic E-state index is 0.447. The third-order valence-electron chi connectivity index (χ3n) is 2.91. The molecule has 1 unspecified atom stereocenters. The molecule has 0 spiro atoms. The third kappa shape index (κ3) is 2.67. The van der Waals surface area contributed by atoms with Crippen molar-refractivity contribution in [3.8, 4) is 5.75 Å². The van der Waals surface area contributed by atoms with Crippen molar-refractivity contribution in [2.75, 3.05) is 25.5 Å². The van der Waals surface area contributed by atoms with E-state index in [0.29, 0.717) is 6.04 Å². The molecule has 2 rings (SSSR count). The smallest absolute Gasteiger partial charge is 0.142 e. The second-order valence-corrected chi connectivity index (χ2v) is 4.40. The van der Waals surface area contributed by atoms with Gasteiger partial charge in [-0.2, -0.15) is 0 Å². The molecular formula is C13H20N2O. The van der Waals surface area contributed by atoms with Crippen LogP contribution in [0, 0.1) is 6.92 Å². The Bertz CT molecular complexity index is 352. The summed E-state index contributed by atoms with van der Waals surface area (Å²) in [4.78, 5) is 0. The van der Waals surface area contributed by atoms with Gasteiger partial charge < -0.3 is 15.4 Å². The van der Waals surface area contributed by atoms with Crippen LogP contribution >= 0.6 is 0 Å². The fourth-order valence-electron chi connectivity index (χ4n) is 2.02. The molecule has 2 N–H and O–H groups in total. The highest BCUT2D eigenvalue weighted by Crippen LogP contribution is 2.30. The van der Waals surface area contributed by atoms with E-state index < -0.39 is 0 Å². The lowest BCUT2D eigenvalue weighted by atomic mass is 10.1. The summed E-state index contributed by atoms with van der Waals surface area (Å²) in [5.41, 5.74) is 2.41. The van der Waals surface area contributed by atoms with E-state index in [9.17, 15) is 0 Å². The number of nitrogens with one attached hydrogen (secondary N) is 2. The van der Waals surface area contributed by atoms with Crippen LogP contribution in [0.1, 0.15) is 18.4 Å². The molecule has 0 fully saturated rings. The molecule has 3 heteroatoms. The Morgan fingerprint density at radius 1 is 1.50 bits per heavy atom. The molecule has 0 saturated heterocycles. The zero-order chi connectivity index (χ0) is 11.4. The summed E-state index contributed by atoms with van der Waals surface area (Å²) in [7, 11) is 1.99. The van der Waals surface area contributed by atoms with E-state index in [4.69, 9.17) is 4.74 Å². The maximum absolute atomic E-state index is 5.74. The number of hydrogen-bond donors (Lipinski definition) is 2. The summed E-state index contributed by atoms with van der Waals surface area (Å²) < 4.78 is 5.74. The van der Waals surface area contributed by atoms with E-state index >= 15 is 0 Å². The molecule has 16 heavy (non-hydrogen) atoms. The van der Waals surface area contributed by atoms with Crippen LogP contribution in [-0.2, 0) is 0 Å². The molecule has 0 radical (unpaired) electrons. The van der Waals surface area contributed by atoms with Crippen molar-refractivity contribution in [2.45, 2.75) is 25.8 Å². The average molecular weight is 220 g/mol. The molecular weight excluding hydrogens is 200 g/mol. The summed E-state index contributed by atoms with van der Waals surface area (Å²) in [6, 6.07) is 6.73. The molecule has 0 amide bonds. The molecule has 88 valence electrons. The Morgan fingerprint density at radius 3 is 3.19 bits per heavy atom. The maximum atomic E-state index is 5.74. The lowest BCUT2D eigenvalue weighted by molar-refractivity contribution is 0.276. The first kappa shape index (κ1) is 11.3. The minimum Gasteiger partial charge on any atom is -0.489 e. The molecule has 0 aromatic heterocycles. The standard InChI is InChI=1S/C13H20N2O/c1-10-5-6-13-12(8-10)15-11(9-16-13)4-3-7-14-2/h5-6,8,11,14-15H,3-4,7,9H2,1-2H3. The van der Waals surface area contributed by atoms with Crippen molar-refractivity contribution in [1.82, 2.24) is 5.32 Å². The van der Waals surface area contributed by atoms with E-state index in [1.54, 1.807) is 0 Å². The van der Waals surface area contributed by atoms with Gasteiger partial charge in [0.1, 0.15) is 12.4 Å². The van der Waals surface area contributed by atoms with Crippen molar-refractivity contribution in [2.24, 2.45) is 0 Å². The molecule has 1 aliphatic rings. The molecule has 0 saturated carbocycles. The van der Waals surface area contributed by atoms with Gasteiger partial charge in [0.2, 0.25) is 0 Å². The normalized spacial score (nSPS) is 18.5. The van der Waals surface area contributed by atoms with Gasteiger partial charge in [0, 0.05) is 0 Å². The number of rotatable bonds is 4. The number of hydrogen-bond acceptors (Lipinski definition) is 3. The van der Waals surface area contributed by atoms with Crippen molar-refractivity contribution in [1.29, 1.82) is 0 Å². The first-order chi connectivity index (χ1) is 7.79. The Balaban J connectivity index is 1.94. The van der Waals surface area contributed by atoms with Gasteiger partial charge in [-0.15, -0.1) is 0 Å². The van der Waals surface area contributed by atoms with Crippen LogP contribution < -0.4 is 15.4 Å². The Hall–Kier alpha value is -1.22. The van der Waals surface area contributed by atoms with Crippen molar-refractivity contribution in [3.05, 3.63) is 23.8 Å². The maximum Gasteiger partial charge on any atom is 0.142 e. The highest BCUT2D eigenvalue weighted by Gasteiger charge is 2.17. The van der Waals surface area contributed by atoms with E-state index in [-0.39, 0.29) is 0 Å². The SMILES string of the molecule is CNCCCC1COc2ccc(C)cc2N1. The largest absolute Gasteiger partial charge is 0.489 e. The van der Waals surface area contributed by atoms with Crippen LogP contribution in [0.5, 0.6) is 5.75 Å². The fourth-order valence-corrected chi connectivity index (χ4v) is 2.02. The van der Waals surface area contributed by atoms with Crippen LogP contribution in [0.15, 0.2) is 18.2 Å². The number of anilines is 1. The first-order valence-electron chi connectivity index (χ1n) is 5.94. The topological polar surface area (TPSA) is 33.3 Å². The summed E-state index contributed by atoms with van der Waals surface area (Å²) in [6.07, 6.45) is 2.33. The summed E-state index contributed by atoms with van der Waals surface area (Å²) in [5, 5.41) is 6.71. The predicted octanol–water partition coefficient (Wildman–Crippen LogP) is 2.17. The first-order valence-corrected chi connectivity index (χ1v) is 5.94. The van der Waals surface area contributed by atoms with E-state index in [0.717, 1.165) is 31.0 Å². The fraction of sp³-hybridized carbons (Fsp3) is 0.538. The summed E-state index contributed by atoms with van der Waals surface area (Å²) in [5.74, 6) is 0.982. The predicted molar refractivity (Wildman–Crippen MR) is 67.2 cm³/mol. The number of aryl methyl sites for hydroxylation is 1. The van der Waals surface area contributed by atoms with Gasteiger partial charge in [-0.25, -0.2) is 0 Å². The number of fused-ring (bicyclic) bond motifs is 1. The van der Waals surface area contributed by atoms with Gasteiger partial charge in [-0.05, 0) is 51.1 Å². The van der Waals surface area contributed by atoms with Gasteiger partial charge in [-0.3, -0.25) is 0 Å². The Morgan fingerprint density at radius 2 is 2.38 bits per heavy atom. The second-order valence-electron chi connectivity index (χ2n) is 4.40. The highest BCUT2D eigenvalue weighted by atomic mass is 16.5. The van der Waals surface area contributed by atoms with Crippen molar-refractivity contribution >= 4 is 5.69 Å². The Labute approximate surface area is 97.2 Å². The Kier molecular flexibility index (Phi) is 3.67. The molecule has 3 nitrogen and oxygen atoms in total. The van der Waals surface area contributed by atoms with Gasteiger partial charge in [-0.1, -0.05) is 6.07 Å². The summed E-state index contributed by atoms with van der Waals surface area (Å²) in [6.45, 7) is 3.95. The van der Waals surface area contributed by atoms with Crippen LogP contribution in [0.2, 0.25) is 0 Å². The molecule has 0 aliphatic carbocycles. The number of benzene rings is 1. The van der Waals surface area contributed by atoms with Crippen LogP contribution in [0.3, 0.4) is 0 Å². The molecule has 1 aromatic rings. The second kappa shape index (κ2) is 5.21. The van der Waals surface area contributed by atoms with E-state index in [1.165, 1.54) is 12.0 Å². The summed E-state index contributed by atoms with van der Waals surface area (Å²) >= 11 is 0. The van der Waals surface area contributed by atoms with Crippen LogP contribution in [0.4, 0.5) is 5.69 Å². The molecule has 1 atom stereocenters. The zero-order valence-electron chi connectivity index (χ0n) is 10.0. The average Bonchev–Trinajstić information content (AvgIpc) is 2.29. The van der Waals surface area contributed by atoms with Crippen LogP contribution in [0.25, 0.3) is 0 Å². The molecule has 1 aromatic carbocycles. The quantitative estimate of drug-likeness (QED) is 0.763. The highest BCUT2D eigenvalue weighted by molar-refractivity contribution is 5.59. The van der Waals surface area contributed by atoms with Gasteiger partial charge in [0.05, 0.1) is 11.7 Å². The molecule has 0 bridgehead atoms. The third-order valence-corrected chi connectivity index (χ3v) is 2.91. The molecule has 1 aliphatic heterocycles. The van der Waals surface area contributed by atoms with Crippen LogP contribution in [-0.4, -0.2) is 26.2 Å². The molecule has 1 heterocycles. The van der Waals surface area contributed by atoms with Crippen molar-refractivity contribution in [3.63, 3.8) is 0 Å². The van der Waals surface area contributed by atoms with Gasteiger partial charge >= 0.3 is 0 Å². The van der Waals surface area contributed by atoms with E-state index in [2.05, 4.69) is 29.7 Å². The lowest BCUT2D eigenvalue weighted by Gasteiger charge is -2.27. The zero-order valence-corrected chi connectivity index (χ0v) is 10.0. The number of ether oxygens (including phenoxy) is 1. The van der Waals surface area contributed by atoms with Gasteiger partial charge in [0.25, 0.3) is 0 Å². The van der Waals surface area contributed by atoms with E-state index in [1.807, 2.05) is 13.1 Å². The van der Waals surface area contributed by atoms with Gasteiger partial charge in [0.15, 0.2) is 0 Å².